The summed E-state index contributed by atoms with van der Waals surface area (Å²) in [7, 11) is 0. The van der Waals surface area contributed by atoms with Crippen molar-refractivity contribution in [2.24, 2.45) is 5.92 Å². The summed E-state index contributed by atoms with van der Waals surface area (Å²) in [6.45, 7) is 15.4. The average molecular weight is 206 g/mol. The van der Waals surface area contributed by atoms with E-state index in [1.165, 1.54) is 11.1 Å². The zero-order valence-corrected chi connectivity index (χ0v) is 11.4. The lowest BCUT2D eigenvalue weighted by atomic mass is 9.74. The van der Waals surface area contributed by atoms with Crippen LogP contribution in [0.2, 0.25) is 0 Å². The van der Waals surface area contributed by atoms with Crippen LogP contribution in [0.1, 0.15) is 52.7 Å². The highest BCUT2D eigenvalue weighted by atomic mass is 14.3. The van der Waals surface area contributed by atoms with Crippen molar-refractivity contribution < 1.29 is 0 Å². The second-order valence-electron chi connectivity index (χ2n) is 4.69. The van der Waals surface area contributed by atoms with E-state index in [0.29, 0.717) is 5.92 Å². The Morgan fingerprint density at radius 3 is 1.87 bits per heavy atom. The first-order chi connectivity index (χ1) is 6.96. The molecule has 0 heteroatoms. The number of benzene rings is 1. The molecule has 0 aliphatic heterocycles. The maximum Gasteiger partial charge on any atom is -0.00779 e. The molecule has 0 unspecified atom stereocenters. The summed E-state index contributed by atoms with van der Waals surface area (Å²) in [5, 5.41) is 0. The molecule has 0 bridgehead atoms. The van der Waals surface area contributed by atoms with E-state index in [0.717, 1.165) is 0 Å². The van der Waals surface area contributed by atoms with E-state index < -0.39 is 0 Å². The van der Waals surface area contributed by atoms with Gasteiger partial charge in [-0.15, -0.1) is 0 Å². The van der Waals surface area contributed by atoms with Gasteiger partial charge in [0.2, 0.25) is 0 Å². The highest BCUT2D eigenvalue weighted by molar-refractivity contribution is 5.32. The van der Waals surface area contributed by atoms with Crippen molar-refractivity contribution in [2.45, 2.75) is 53.9 Å². The van der Waals surface area contributed by atoms with Crippen molar-refractivity contribution in [1.29, 1.82) is 0 Å². The summed E-state index contributed by atoms with van der Waals surface area (Å²) in [6.07, 6.45) is 0. The molecule has 0 radical (unpaired) electrons. The van der Waals surface area contributed by atoms with Crippen molar-refractivity contribution in [2.75, 3.05) is 0 Å². The first-order valence-corrected chi connectivity index (χ1v) is 6.02. The van der Waals surface area contributed by atoms with E-state index in [2.05, 4.69) is 58.9 Å². The van der Waals surface area contributed by atoms with Gasteiger partial charge in [-0.2, -0.15) is 0 Å². The van der Waals surface area contributed by atoms with Crippen molar-refractivity contribution in [3.8, 4) is 0 Å². The van der Waals surface area contributed by atoms with E-state index in [9.17, 15) is 0 Å². The molecule has 0 saturated carbocycles. The summed E-state index contributed by atoms with van der Waals surface area (Å²) < 4.78 is 0. The molecule has 0 heterocycles. The molecule has 0 nitrogen and oxygen atoms in total. The molecular weight excluding hydrogens is 180 g/mol. The largest absolute Gasteiger partial charge is 0.0683 e. The van der Waals surface area contributed by atoms with Gasteiger partial charge >= 0.3 is 0 Å². The topological polar surface area (TPSA) is 0 Å². The summed E-state index contributed by atoms with van der Waals surface area (Å²) in [5.41, 5.74) is 3.16. The Bertz CT molecular complexity index is 282. The van der Waals surface area contributed by atoms with Crippen LogP contribution in [-0.2, 0) is 5.41 Å². The van der Waals surface area contributed by atoms with Gasteiger partial charge in [0.1, 0.15) is 0 Å². The summed E-state index contributed by atoms with van der Waals surface area (Å²) >= 11 is 0. The van der Waals surface area contributed by atoms with Crippen LogP contribution < -0.4 is 0 Å². The lowest BCUT2D eigenvalue weighted by molar-refractivity contribution is 0.370. The zero-order valence-electron chi connectivity index (χ0n) is 11.4. The third-order valence-electron chi connectivity index (χ3n) is 3.28. The Morgan fingerprint density at radius 1 is 1.00 bits per heavy atom. The molecule has 0 aliphatic rings. The Kier molecular flexibility index (Phi) is 5.64. The van der Waals surface area contributed by atoms with Crippen LogP contribution in [0.3, 0.4) is 0 Å². The molecule has 0 N–H and O–H groups in total. The first-order valence-electron chi connectivity index (χ1n) is 6.02. The smallest absolute Gasteiger partial charge is 0.00779 e. The molecule has 1 rings (SSSR count). The molecule has 0 saturated heterocycles. The highest BCUT2D eigenvalue weighted by Gasteiger charge is 2.25. The monoisotopic (exact) mass is 206 g/mol. The van der Waals surface area contributed by atoms with E-state index in [-0.39, 0.29) is 5.41 Å². The standard InChI is InChI=1S/C13H20.C2H6/c1-10(2)13(4,5)12-9-7-6-8-11(12)3;1-2/h6-10H,1-5H3;1-2H3. The van der Waals surface area contributed by atoms with Crippen LogP contribution in [0.5, 0.6) is 0 Å². The van der Waals surface area contributed by atoms with E-state index >= 15 is 0 Å². The molecule has 1 aromatic rings. The molecule has 15 heavy (non-hydrogen) atoms. The van der Waals surface area contributed by atoms with Crippen molar-refractivity contribution in [3.05, 3.63) is 35.4 Å². The first kappa shape index (κ1) is 14.2. The Labute approximate surface area is 95.7 Å². The van der Waals surface area contributed by atoms with E-state index in [1.807, 2.05) is 13.8 Å². The second-order valence-corrected chi connectivity index (χ2v) is 4.69. The SMILES string of the molecule is CC.Cc1ccccc1C(C)(C)C(C)C. The predicted octanol–water partition coefficient (Wildman–Crippen LogP) is 4.95. The van der Waals surface area contributed by atoms with Gasteiger partial charge in [-0.05, 0) is 29.4 Å². The molecule has 86 valence electrons. The van der Waals surface area contributed by atoms with Gasteiger partial charge in [-0.1, -0.05) is 65.8 Å². The fraction of sp³-hybridized carbons (Fsp3) is 0.600. The maximum absolute atomic E-state index is 2.32. The Morgan fingerprint density at radius 2 is 1.47 bits per heavy atom. The fourth-order valence-corrected chi connectivity index (χ4v) is 1.61. The lowest BCUT2D eigenvalue weighted by Crippen LogP contribution is -2.25. The summed E-state index contributed by atoms with van der Waals surface area (Å²) in [6, 6.07) is 8.68. The average Bonchev–Trinajstić information content (AvgIpc) is 2.21. The van der Waals surface area contributed by atoms with Gasteiger partial charge in [0.25, 0.3) is 0 Å². The van der Waals surface area contributed by atoms with Crippen molar-refractivity contribution in [3.63, 3.8) is 0 Å². The molecule has 1 aromatic carbocycles. The minimum atomic E-state index is 0.283. The van der Waals surface area contributed by atoms with Crippen LogP contribution in [0.15, 0.2) is 24.3 Å². The Hall–Kier alpha value is -0.780. The number of hydrogen-bond donors (Lipinski definition) is 0. The summed E-state index contributed by atoms with van der Waals surface area (Å²) in [5.74, 6) is 0.675. The molecule has 0 spiro atoms. The highest BCUT2D eigenvalue weighted by Crippen LogP contribution is 2.32. The predicted molar refractivity (Wildman–Crippen MR) is 70.4 cm³/mol. The van der Waals surface area contributed by atoms with Gasteiger partial charge < -0.3 is 0 Å². The molecular formula is C15H26. The maximum atomic E-state index is 2.32. The number of hydrogen-bond acceptors (Lipinski definition) is 0. The van der Waals surface area contributed by atoms with Crippen LogP contribution in [0, 0.1) is 12.8 Å². The lowest BCUT2D eigenvalue weighted by Gasteiger charge is -2.31. The number of aryl methyl sites for hydroxylation is 1. The van der Waals surface area contributed by atoms with Crippen molar-refractivity contribution >= 4 is 0 Å². The van der Waals surface area contributed by atoms with Gasteiger partial charge in [0.15, 0.2) is 0 Å². The quantitative estimate of drug-likeness (QED) is 0.642. The minimum Gasteiger partial charge on any atom is -0.0683 e. The second kappa shape index (κ2) is 5.95. The van der Waals surface area contributed by atoms with Gasteiger partial charge in [0.05, 0.1) is 0 Å². The number of rotatable bonds is 2. The third kappa shape index (κ3) is 3.37. The van der Waals surface area contributed by atoms with Crippen LogP contribution in [0.25, 0.3) is 0 Å². The Balaban J connectivity index is 0.000000921. The van der Waals surface area contributed by atoms with Crippen LogP contribution >= 0.6 is 0 Å². The molecule has 0 fully saturated rings. The molecule has 0 aromatic heterocycles. The molecule has 0 amide bonds. The normalized spacial score (nSPS) is 10.9. The van der Waals surface area contributed by atoms with E-state index in [4.69, 9.17) is 0 Å². The minimum absolute atomic E-state index is 0.283. The third-order valence-corrected chi connectivity index (χ3v) is 3.28. The van der Waals surface area contributed by atoms with Gasteiger partial charge in [-0.3, -0.25) is 0 Å². The van der Waals surface area contributed by atoms with Gasteiger partial charge in [-0.25, -0.2) is 0 Å². The van der Waals surface area contributed by atoms with Gasteiger partial charge in [0, 0.05) is 0 Å². The fourth-order valence-electron chi connectivity index (χ4n) is 1.61. The summed E-state index contributed by atoms with van der Waals surface area (Å²) in [4.78, 5) is 0. The van der Waals surface area contributed by atoms with Crippen LogP contribution in [-0.4, -0.2) is 0 Å². The van der Waals surface area contributed by atoms with Crippen molar-refractivity contribution in [1.82, 2.24) is 0 Å². The van der Waals surface area contributed by atoms with E-state index in [1.54, 1.807) is 0 Å². The molecule has 0 atom stereocenters. The molecule has 0 aliphatic carbocycles. The van der Waals surface area contributed by atoms with Crippen LogP contribution in [0.4, 0.5) is 0 Å². The zero-order chi connectivity index (χ0) is 12.1.